The van der Waals surface area contributed by atoms with Crippen molar-refractivity contribution >= 4 is 72.3 Å². The summed E-state index contributed by atoms with van der Waals surface area (Å²) in [6, 6.07) is 12.4. The van der Waals surface area contributed by atoms with Gasteiger partial charge >= 0.3 is 48.6 Å². The Morgan fingerprint density at radius 3 is 1.51 bits per heavy atom. The van der Waals surface area contributed by atoms with E-state index >= 15 is 0 Å². The van der Waals surface area contributed by atoms with Crippen molar-refractivity contribution in [3.63, 3.8) is 0 Å². The van der Waals surface area contributed by atoms with Gasteiger partial charge in [0.2, 0.25) is 35.2 Å². The van der Waals surface area contributed by atoms with Gasteiger partial charge in [0.1, 0.15) is 74.0 Å². The van der Waals surface area contributed by atoms with Crippen molar-refractivity contribution in [3.05, 3.63) is 95.7 Å². The summed E-state index contributed by atoms with van der Waals surface area (Å²) in [7, 11) is 2.22. The van der Waals surface area contributed by atoms with Gasteiger partial charge in [-0.25, -0.2) is 43.3 Å². The van der Waals surface area contributed by atoms with Gasteiger partial charge in [-0.2, -0.15) is 0 Å². The number of nitrogens with one attached hydrogen (secondary N) is 7. The number of cyclic esters (lactones) is 4. The summed E-state index contributed by atoms with van der Waals surface area (Å²) >= 11 is 0. The molecule has 2 saturated heterocycles. The Hall–Kier alpha value is -10.4. The number of benzene rings is 2. The number of hydrogen-bond acceptors (Lipinski definition) is 27. The van der Waals surface area contributed by atoms with Gasteiger partial charge in [0.15, 0.2) is 18.3 Å². The number of fused-ring (bicyclic) bond motifs is 3. The largest absolute Gasteiger partial charge is 0.508 e. The van der Waals surface area contributed by atoms with Gasteiger partial charge in [0.05, 0.1) is 32.3 Å². The number of carbonyl (C=O) groups is 11. The van der Waals surface area contributed by atoms with Gasteiger partial charge < -0.3 is 92.5 Å². The number of ether oxygens (including phenoxy) is 14. The van der Waals surface area contributed by atoms with E-state index < -0.39 is 163 Å². The number of esters is 2. The van der Waals surface area contributed by atoms with E-state index in [0.29, 0.717) is 25.7 Å². The van der Waals surface area contributed by atoms with Gasteiger partial charge in [-0.1, -0.05) is 62.0 Å². The maximum Gasteiger partial charge on any atom is 0.508 e. The SMILES string of the molecule is C=C(NC(=O)OC(C)(C)C)N[C@H]1C=C(C(=O)OC)O[C@@H]([C@H](OCC(=O)NCCCCN(CCCCNC(=O)CO[C@@H]([C@@H]2OC(C(=O)OC)=C[C@H](N=C(NC(=O)OC(C)(C)C)NC(=O)OC(C)(C)C)[C@H]2C)[C@H]2COC(=O)O2)C(=O)OCC2c3ccccc3-c3ccccc32)[C@H]2COC(=O)O2)[C@@H]1NC(C)=O. The minimum absolute atomic E-state index is 0.0296. The number of amides is 7. The highest BCUT2D eigenvalue weighted by molar-refractivity contribution is 6.01. The summed E-state index contributed by atoms with van der Waals surface area (Å²) in [6.45, 7) is 20.0. The minimum atomic E-state index is -1.41. The predicted molar refractivity (Wildman–Crippen MR) is 365 cm³/mol. The molecule has 7 rings (SSSR count). The van der Waals surface area contributed by atoms with Crippen molar-refractivity contribution in [2.24, 2.45) is 10.9 Å². The molecule has 0 radical (unpaired) electrons. The number of hydrogen-bond donors (Lipinski definition) is 7. The minimum Gasteiger partial charge on any atom is -0.480 e. The molecule has 34 heteroatoms. The van der Waals surface area contributed by atoms with Crippen LogP contribution in [0.2, 0.25) is 0 Å². The number of aliphatic imine (C=N–C) groups is 1. The lowest BCUT2D eigenvalue weighted by atomic mass is 9.87. The zero-order chi connectivity index (χ0) is 76.2. The van der Waals surface area contributed by atoms with E-state index in [2.05, 4.69) is 48.8 Å². The lowest BCUT2D eigenvalue weighted by Crippen LogP contribution is -2.64. The first-order valence-electron chi connectivity index (χ1n) is 33.9. The molecule has 0 spiro atoms. The van der Waals surface area contributed by atoms with Crippen LogP contribution in [-0.2, 0) is 90.3 Å². The molecule has 1 aliphatic carbocycles. The van der Waals surface area contributed by atoms with Crippen LogP contribution >= 0.6 is 0 Å². The fraction of sp³-hybridized carbons (Fsp3) is 0.571. The molecule has 0 bridgehead atoms. The number of methoxy groups -OCH3 is 2. The standard InChI is InChI=1S/C70H95N9O25/c1-38-46(76-61(77-63(86)103-69(7,8)9)78-64(87)104-70(10,11)12)31-48(59(83)91-13)98-55(38)56(50-34-96-66(89)100-50)93-36-52(81)71-27-19-21-29-79(65(88)95-33-45-43-25-17-15-23-41(43)42-24-16-18-26-44(42)45)30-22-20-28-72-53(82)37-94-57(51-35-97-67(90)101-51)58-54(75-40(3)80)47(32-49(99-58)60(84)92-14)73-39(2)74-62(85)102-68(4,5)6/h15-18,23-26,31-32,38,45-47,50-51,54-58,73H,2,19-22,27-30,33-37H2,1,3-14H3,(H,71,81)(H,72,82)(H,74,85)(H,75,80)(H2,76,77,78,86,87)/t38-,46+,47+,50-,51-,54-,55-,56-,57-,58-/m1/s1. The van der Waals surface area contributed by atoms with E-state index in [1.54, 1.807) is 69.2 Å². The van der Waals surface area contributed by atoms with Crippen molar-refractivity contribution in [2.75, 3.05) is 73.4 Å². The Balaban J connectivity index is 0.990. The summed E-state index contributed by atoms with van der Waals surface area (Å²) in [6.07, 6.45) is -9.35. The van der Waals surface area contributed by atoms with Crippen molar-refractivity contribution in [3.8, 4) is 11.1 Å². The molecule has 2 aromatic carbocycles. The number of rotatable bonds is 29. The highest BCUT2D eigenvalue weighted by Crippen LogP contribution is 2.45. The zero-order valence-electron chi connectivity index (χ0n) is 60.6. The topological polar surface area (TPSA) is 417 Å². The van der Waals surface area contributed by atoms with E-state index in [1.165, 1.54) is 24.0 Å². The zero-order valence-corrected chi connectivity index (χ0v) is 60.6. The summed E-state index contributed by atoms with van der Waals surface area (Å²) < 4.78 is 77.8. The summed E-state index contributed by atoms with van der Waals surface area (Å²) in [5.74, 6) is -6.06. The molecule has 0 unspecified atom stereocenters. The van der Waals surface area contributed by atoms with E-state index in [4.69, 9.17) is 66.3 Å². The Morgan fingerprint density at radius 2 is 1.06 bits per heavy atom. The molecule has 7 amide bonds. The molecule has 10 atom stereocenters. The summed E-state index contributed by atoms with van der Waals surface area (Å²) in [5.41, 5.74) is 1.29. The molecule has 4 aliphatic heterocycles. The molecule has 34 nitrogen and oxygen atoms in total. The van der Waals surface area contributed by atoms with Crippen LogP contribution in [0.15, 0.2) is 89.6 Å². The molecule has 7 N–H and O–H groups in total. The number of nitrogens with zero attached hydrogens (tertiary/aromatic N) is 2. The fourth-order valence-corrected chi connectivity index (χ4v) is 11.6. The first-order chi connectivity index (χ1) is 49.1. The van der Waals surface area contributed by atoms with E-state index in [-0.39, 0.29) is 69.3 Å². The van der Waals surface area contributed by atoms with Gasteiger partial charge in [-0.15, -0.1) is 0 Å². The van der Waals surface area contributed by atoms with Gasteiger partial charge in [-0.3, -0.25) is 30.3 Å². The molecule has 5 aliphatic rings. The average Bonchev–Trinajstić information content (AvgIpc) is 1.54. The van der Waals surface area contributed by atoms with E-state index in [9.17, 15) is 52.7 Å². The van der Waals surface area contributed by atoms with Crippen LogP contribution in [0.25, 0.3) is 11.1 Å². The van der Waals surface area contributed by atoms with Gasteiger partial charge in [0, 0.05) is 44.9 Å². The van der Waals surface area contributed by atoms with Crippen LogP contribution in [0, 0.1) is 5.92 Å². The number of alkyl carbamates (subject to hydrolysis) is 3. The Labute approximate surface area is 601 Å². The molecule has 0 aromatic heterocycles. The molecule has 570 valence electrons. The van der Waals surface area contributed by atoms with Crippen molar-refractivity contribution < 1.29 is 119 Å². The lowest BCUT2D eigenvalue weighted by molar-refractivity contribution is -0.156. The molecule has 2 aromatic rings. The third-order valence-corrected chi connectivity index (χ3v) is 16.0. The van der Waals surface area contributed by atoms with Crippen LogP contribution in [0.3, 0.4) is 0 Å². The molecular formula is C70H95N9O25. The summed E-state index contributed by atoms with van der Waals surface area (Å²) in [4.78, 5) is 150. The lowest BCUT2D eigenvalue weighted by Gasteiger charge is -2.41. The van der Waals surface area contributed by atoms with Crippen molar-refractivity contribution in [2.45, 2.75) is 179 Å². The monoisotopic (exact) mass is 1460 g/mol. The first kappa shape index (κ1) is 80.9. The highest BCUT2D eigenvalue weighted by Gasteiger charge is 2.50. The van der Waals surface area contributed by atoms with Crippen LogP contribution in [0.4, 0.5) is 28.8 Å². The quantitative estimate of drug-likeness (QED) is 0.0170. The van der Waals surface area contributed by atoms with Crippen molar-refractivity contribution in [1.29, 1.82) is 0 Å². The van der Waals surface area contributed by atoms with Crippen LogP contribution in [-0.4, -0.2) is 222 Å². The van der Waals surface area contributed by atoms with Gasteiger partial charge in [-0.05, 0) is 122 Å². The molecular weight excluding hydrogens is 1370 g/mol. The molecule has 104 heavy (non-hydrogen) atoms. The molecule has 4 heterocycles. The third-order valence-electron chi connectivity index (χ3n) is 16.0. The second-order valence-electron chi connectivity index (χ2n) is 27.7. The van der Waals surface area contributed by atoms with Crippen LogP contribution < -0.4 is 37.2 Å². The van der Waals surface area contributed by atoms with Gasteiger partial charge in [0.25, 0.3) is 0 Å². The Morgan fingerprint density at radius 1 is 0.606 bits per heavy atom. The third kappa shape index (κ3) is 24.4. The first-order valence-corrected chi connectivity index (χ1v) is 33.9. The normalized spacial score (nSPS) is 20.9. The smallest absolute Gasteiger partial charge is 0.480 e. The second kappa shape index (κ2) is 36.7. The second-order valence-corrected chi connectivity index (χ2v) is 27.7. The van der Waals surface area contributed by atoms with Crippen LogP contribution in [0.1, 0.15) is 119 Å². The Kier molecular flexibility index (Phi) is 28.5. The van der Waals surface area contributed by atoms with E-state index in [1.807, 2.05) is 48.5 Å². The van der Waals surface area contributed by atoms with Crippen molar-refractivity contribution in [1.82, 2.24) is 42.1 Å². The highest BCUT2D eigenvalue weighted by atomic mass is 16.8. The number of guanidine groups is 1. The number of carbonyl (C=O) groups excluding carboxylic acids is 11. The number of unbranched alkanes of at least 4 members (excludes halogenated alkanes) is 2. The maximum absolute atomic E-state index is 14.2. The predicted octanol–water partition coefficient (Wildman–Crippen LogP) is 5.65. The van der Waals surface area contributed by atoms with Crippen LogP contribution in [0.5, 0.6) is 0 Å². The van der Waals surface area contributed by atoms with E-state index in [0.717, 1.165) is 36.5 Å². The summed E-state index contributed by atoms with van der Waals surface area (Å²) in [5, 5.41) is 18.6. The maximum atomic E-state index is 14.2. The molecule has 0 saturated carbocycles. The average molecular weight is 1460 g/mol. The Bertz CT molecular complexity index is 3480. The fourth-order valence-electron chi connectivity index (χ4n) is 11.6. The molecule has 2 fully saturated rings.